The molecule has 0 bridgehead atoms. The lowest BCUT2D eigenvalue weighted by Crippen LogP contribution is -2.33. The van der Waals surface area contributed by atoms with Gasteiger partial charge in [0.25, 0.3) is 0 Å². The van der Waals surface area contributed by atoms with Crippen LogP contribution in [0.5, 0.6) is 0 Å². The van der Waals surface area contributed by atoms with Crippen molar-refractivity contribution in [3.63, 3.8) is 0 Å². The van der Waals surface area contributed by atoms with E-state index in [1.165, 1.54) is 4.90 Å². The van der Waals surface area contributed by atoms with Gasteiger partial charge in [0.15, 0.2) is 0 Å². The Hall–Kier alpha value is -1.98. The number of rotatable bonds is 0. The van der Waals surface area contributed by atoms with E-state index in [0.29, 0.717) is 0 Å². The molecule has 6 heteroatoms. The second kappa shape index (κ2) is 2.26. The number of fused-ring (bicyclic) bond motifs is 1. The lowest BCUT2D eigenvalue weighted by atomic mass is 10.4. The lowest BCUT2D eigenvalue weighted by Gasteiger charge is -2.21. The van der Waals surface area contributed by atoms with E-state index in [1.54, 1.807) is 29.8 Å². The van der Waals surface area contributed by atoms with Crippen LogP contribution < -0.4 is 11.3 Å². The van der Waals surface area contributed by atoms with E-state index < -0.39 is 6.03 Å². The normalized spacial score (nSPS) is 18.8. The van der Waals surface area contributed by atoms with Gasteiger partial charge in [-0.3, -0.25) is 4.90 Å². The highest BCUT2D eigenvalue weighted by atomic mass is 16.2. The summed E-state index contributed by atoms with van der Waals surface area (Å²) in [7, 11) is 0. The van der Waals surface area contributed by atoms with Crippen LogP contribution in [0.1, 0.15) is 0 Å². The third kappa shape index (κ3) is 0.895. The van der Waals surface area contributed by atoms with Crippen LogP contribution in [0, 0.1) is 0 Å². The summed E-state index contributed by atoms with van der Waals surface area (Å²) in [5.74, 6) is 0. The zero-order valence-electron chi connectivity index (χ0n) is 6.14. The van der Waals surface area contributed by atoms with Crippen LogP contribution in [0.25, 0.3) is 0 Å². The van der Waals surface area contributed by atoms with Gasteiger partial charge in [0.05, 0.1) is 6.21 Å². The highest BCUT2D eigenvalue weighted by Gasteiger charge is 2.16. The van der Waals surface area contributed by atoms with Crippen LogP contribution in [0.3, 0.4) is 0 Å². The Balaban J connectivity index is 2.25. The molecule has 0 fully saturated rings. The molecule has 0 spiro atoms. The second-order valence-electron chi connectivity index (χ2n) is 2.33. The van der Waals surface area contributed by atoms with Gasteiger partial charge in [-0.05, 0) is 0 Å². The van der Waals surface area contributed by atoms with Crippen LogP contribution in [-0.2, 0) is 0 Å². The predicted octanol–water partition coefficient (Wildman–Crippen LogP) is -0.501. The first-order valence-corrected chi connectivity index (χ1v) is 3.33. The topological polar surface area (TPSA) is 74.0 Å². The van der Waals surface area contributed by atoms with Crippen LogP contribution >= 0.6 is 0 Å². The molecule has 2 amide bonds. The van der Waals surface area contributed by atoms with Gasteiger partial charge in [-0.1, -0.05) is 0 Å². The molecule has 2 rings (SSSR count). The zero-order valence-corrected chi connectivity index (χ0v) is 6.14. The van der Waals surface area contributed by atoms with E-state index in [9.17, 15) is 4.79 Å². The molecular weight excluding hydrogens is 158 g/mol. The number of hydrazone groups is 1. The summed E-state index contributed by atoms with van der Waals surface area (Å²) in [6.45, 7) is 0. The van der Waals surface area contributed by atoms with E-state index in [4.69, 9.17) is 5.73 Å². The fourth-order valence-electron chi connectivity index (χ4n) is 0.953. The highest BCUT2D eigenvalue weighted by molar-refractivity contribution is 5.82. The molecule has 2 aliphatic heterocycles. The van der Waals surface area contributed by atoms with Crippen molar-refractivity contribution in [2.75, 3.05) is 0 Å². The Kier molecular flexibility index (Phi) is 1.26. The van der Waals surface area contributed by atoms with E-state index in [-0.39, 0.29) is 0 Å². The number of hydrogen-bond acceptors (Lipinski definition) is 4. The molecule has 0 saturated heterocycles. The smallest absolute Gasteiger partial charge is 0.323 e. The van der Waals surface area contributed by atoms with E-state index in [1.807, 2.05) is 0 Å². The van der Waals surface area contributed by atoms with Gasteiger partial charge in [-0.2, -0.15) is 5.10 Å². The Labute approximate surface area is 68.6 Å². The lowest BCUT2D eigenvalue weighted by molar-refractivity contribution is 0.232. The number of amides is 2. The van der Waals surface area contributed by atoms with Crippen molar-refractivity contribution in [2.24, 2.45) is 10.8 Å². The molecule has 0 aromatic rings. The standard InChI is InChI=1S/C6H7N5O/c7-6(12)10-1-2-11-5(4-10)3-8-9-11/h1-4,9H,(H2,7,12). The largest absolute Gasteiger partial charge is 0.351 e. The monoisotopic (exact) mass is 165 g/mol. The number of primary amides is 1. The minimum absolute atomic E-state index is 0.515. The maximum Gasteiger partial charge on any atom is 0.323 e. The summed E-state index contributed by atoms with van der Waals surface area (Å²) in [5, 5.41) is 5.44. The van der Waals surface area contributed by atoms with Crippen LogP contribution in [-0.4, -0.2) is 22.2 Å². The molecule has 2 heterocycles. The number of carbonyl (C=O) groups excluding carboxylic acids is 1. The molecule has 0 aromatic heterocycles. The van der Waals surface area contributed by atoms with Gasteiger partial charge in [-0.25, -0.2) is 15.3 Å². The van der Waals surface area contributed by atoms with E-state index in [2.05, 4.69) is 10.6 Å². The number of allylic oxidation sites excluding steroid dienone is 1. The predicted molar refractivity (Wildman–Crippen MR) is 42.1 cm³/mol. The van der Waals surface area contributed by atoms with Crippen molar-refractivity contribution in [3.05, 3.63) is 24.3 Å². The fraction of sp³-hybridized carbons (Fsp3) is 0. The minimum atomic E-state index is -0.515. The van der Waals surface area contributed by atoms with Crippen LogP contribution in [0.4, 0.5) is 4.79 Å². The number of hydrogen-bond donors (Lipinski definition) is 2. The summed E-state index contributed by atoms with van der Waals surface area (Å²) in [4.78, 5) is 12.0. The van der Waals surface area contributed by atoms with Crippen molar-refractivity contribution >= 4 is 12.2 Å². The van der Waals surface area contributed by atoms with Crippen molar-refractivity contribution in [3.8, 4) is 0 Å². The maximum atomic E-state index is 10.7. The van der Waals surface area contributed by atoms with Crippen LogP contribution in [0.15, 0.2) is 29.4 Å². The first kappa shape index (κ1) is 6.71. The van der Waals surface area contributed by atoms with Crippen molar-refractivity contribution in [1.29, 1.82) is 0 Å². The summed E-state index contributed by atoms with van der Waals surface area (Å²) in [6.07, 6.45) is 6.39. The minimum Gasteiger partial charge on any atom is -0.351 e. The Morgan fingerprint density at radius 3 is 3.17 bits per heavy atom. The molecule has 0 saturated carbocycles. The van der Waals surface area contributed by atoms with Crippen LogP contribution in [0.2, 0.25) is 0 Å². The number of nitrogens with zero attached hydrogens (tertiary/aromatic N) is 3. The molecule has 0 atom stereocenters. The molecule has 62 valence electrons. The molecular formula is C6H7N5O. The average molecular weight is 165 g/mol. The third-order valence-corrected chi connectivity index (χ3v) is 1.54. The first-order valence-electron chi connectivity index (χ1n) is 3.33. The van der Waals surface area contributed by atoms with Gasteiger partial charge in [0.1, 0.15) is 5.70 Å². The number of carbonyl (C=O) groups is 1. The number of nitrogens with one attached hydrogen (secondary N) is 1. The van der Waals surface area contributed by atoms with Gasteiger partial charge in [0.2, 0.25) is 0 Å². The van der Waals surface area contributed by atoms with Crippen molar-refractivity contribution < 1.29 is 4.79 Å². The first-order chi connectivity index (χ1) is 5.77. The summed E-state index contributed by atoms with van der Waals surface area (Å²) in [6, 6.07) is -0.515. The Morgan fingerprint density at radius 2 is 2.42 bits per heavy atom. The quantitative estimate of drug-likeness (QED) is 0.508. The second-order valence-corrected chi connectivity index (χ2v) is 2.33. The summed E-state index contributed by atoms with van der Waals surface area (Å²) >= 11 is 0. The third-order valence-electron chi connectivity index (χ3n) is 1.54. The SMILES string of the molecule is NC(=O)N1C=CN2NN=CC2=C1. The number of hydrazine groups is 1. The highest BCUT2D eigenvalue weighted by Crippen LogP contribution is 2.12. The van der Waals surface area contributed by atoms with E-state index >= 15 is 0 Å². The van der Waals surface area contributed by atoms with Gasteiger partial charge in [-0.15, -0.1) is 0 Å². The molecule has 0 aliphatic carbocycles. The Morgan fingerprint density at radius 1 is 1.58 bits per heavy atom. The van der Waals surface area contributed by atoms with Gasteiger partial charge < -0.3 is 5.73 Å². The average Bonchev–Trinajstić information content (AvgIpc) is 2.49. The molecule has 3 N–H and O–H groups in total. The molecule has 2 aliphatic rings. The molecule has 0 radical (unpaired) electrons. The zero-order chi connectivity index (χ0) is 8.55. The summed E-state index contributed by atoms with van der Waals surface area (Å²) < 4.78 is 0. The van der Waals surface area contributed by atoms with Crippen molar-refractivity contribution in [1.82, 2.24) is 15.4 Å². The molecule has 0 aromatic carbocycles. The van der Waals surface area contributed by atoms with E-state index in [0.717, 1.165) is 5.70 Å². The number of nitrogens with two attached hydrogens (primary N) is 1. The maximum absolute atomic E-state index is 10.7. The Bertz CT molecular complexity index is 305. The molecule has 6 nitrogen and oxygen atoms in total. The number of urea groups is 1. The fourth-order valence-corrected chi connectivity index (χ4v) is 0.953. The van der Waals surface area contributed by atoms with Crippen molar-refractivity contribution in [2.45, 2.75) is 0 Å². The van der Waals surface area contributed by atoms with Gasteiger partial charge >= 0.3 is 6.03 Å². The molecule has 12 heavy (non-hydrogen) atoms. The molecule has 0 unspecified atom stereocenters. The van der Waals surface area contributed by atoms with Gasteiger partial charge in [0, 0.05) is 18.6 Å². The summed E-state index contributed by atoms with van der Waals surface area (Å²) in [5.41, 5.74) is 8.52.